The van der Waals surface area contributed by atoms with Gasteiger partial charge in [-0.1, -0.05) is 12.1 Å². The lowest BCUT2D eigenvalue weighted by Gasteiger charge is -2.25. The SMILES string of the molecule is CC(=O)c1cccc(NC(=O)C(C)Nc2ccc(N(C)C(C)C)c(F)c2)c1. The monoisotopic (exact) mass is 371 g/mol. The van der Waals surface area contributed by atoms with Crippen molar-refractivity contribution in [2.75, 3.05) is 22.6 Å². The number of carbonyl (C=O) groups excluding carboxylic acids is 2. The second-order valence-electron chi connectivity index (χ2n) is 6.86. The third kappa shape index (κ3) is 5.29. The number of hydrogen-bond donors (Lipinski definition) is 2. The highest BCUT2D eigenvalue weighted by molar-refractivity contribution is 5.99. The fourth-order valence-corrected chi connectivity index (χ4v) is 2.54. The first-order valence-electron chi connectivity index (χ1n) is 8.90. The number of anilines is 3. The van der Waals surface area contributed by atoms with Crippen LogP contribution in [0.3, 0.4) is 0 Å². The number of amides is 1. The lowest BCUT2D eigenvalue weighted by atomic mass is 10.1. The van der Waals surface area contributed by atoms with Crippen molar-refractivity contribution in [1.82, 2.24) is 0 Å². The molecule has 5 nitrogen and oxygen atoms in total. The summed E-state index contributed by atoms with van der Waals surface area (Å²) in [5, 5.41) is 5.76. The van der Waals surface area contributed by atoms with Crippen LogP contribution in [-0.4, -0.2) is 30.8 Å². The molecule has 1 unspecified atom stereocenters. The average molecular weight is 371 g/mol. The van der Waals surface area contributed by atoms with Gasteiger partial charge in [0.25, 0.3) is 0 Å². The van der Waals surface area contributed by atoms with E-state index in [0.29, 0.717) is 22.6 Å². The molecule has 27 heavy (non-hydrogen) atoms. The summed E-state index contributed by atoms with van der Waals surface area (Å²) in [7, 11) is 1.83. The van der Waals surface area contributed by atoms with E-state index in [1.54, 1.807) is 43.3 Å². The smallest absolute Gasteiger partial charge is 0.246 e. The lowest BCUT2D eigenvalue weighted by Crippen LogP contribution is -2.32. The Labute approximate surface area is 159 Å². The van der Waals surface area contributed by atoms with Crippen LogP contribution in [0.1, 0.15) is 38.1 Å². The molecule has 0 heterocycles. The Hall–Kier alpha value is -2.89. The second kappa shape index (κ2) is 8.66. The van der Waals surface area contributed by atoms with E-state index in [9.17, 15) is 14.0 Å². The van der Waals surface area contributed by atoms with Crippen molar-refractivity contribution >= 4 is 28.8 Å². The van der Waals surface area contributed by atoms with Crippen LogP contribution in [0.25, 0.3) is 0 Å². The van der Waals surface area contributed by atoms with E-state index in [0.717, 1.165) is 0 Å². The van der Waals surface area contributed by atoms with Gasteiger partial charge in [0, 0.05) is 30.0 Å². The van der Waals surface area contributed by atoms with Crippen LogP contribution < -0.4 is 15.5 Å². The van der Waals surface area contributed by atoms with Crippen LogP contribution >= 0.6 is 0 Å². The van der Waals surface area contributed by atoms with Crippen LogP contribution in [0, 0.1) is 5.82 Å². The van der Waals surface area contributed by atoms with Gasteiger partial charge in [0.15, 0.2) is 5.78 Å². The highest BCUT2D eigenvalue weighted by atomic mass is 19.1. The van der Waals surface area contributed by atoms with E-state index in [4.69, 9.17) is 0 Å². The van der Waals surface area contributed by atoms with Gasteiger partial charge in [0.2, 0.25) is 5.91 Å². The highest BCUT2D eigenvalue weighted by Gasteiger charge is 2.16. The van der Waals surface area contributed by atoms with E-state index in [2.05, 4.69) is 10.6 Å². The molecule has 0 aliphatic carbocycles. The quantitative estimate of drug-likeness (QED) is 0.712. The van der Waals surface area contributed by atoms with Crippen molar-refractivity contribution in [3.63, 3.8) is 0 Å². The highest BCUT2D eigenvalue weighted by Crippen LogP contribution is 2.24. The summed E-state index contributed by atoms with van der Waals surface area (Å²) in [6.45, 7) is 7.13. The van der Waals surface area contributed by atoms with Crippen LogP contribution in [-0.2, 0) is 4.79 Å². The summed E-state index contributed by atoms with van der Waals surface area (Å²) in [5.74, 6) is -0.698. The molecular formula is C21H26FN3O2. The Morgan fingerprint density at radius 3 is 2.33 bits per heavy atom. The number of Topliss-reactive ketones (excluding diaryl/α,β-unsaturated/α-hetero) is 1. The van der Waals surface area contributed by atoms with E-state index < -0.39 is 6.04 Å². The van der Waals surface area contributed by atoms with E-state index in [-0.39, 0.29) is 23.5 Å². The summed E-state index contributed by atoms with van der Waals surface area (Å²) >= 11 is 0. The third-order valence-corrected chi connectivity index (χ3v) is 4.42. The molecule has 0 spiro atoms. The molecule has 0 aliphatic heterocycles. The lowest BCUT2D eigenvalue weighted by molar-refractivity contribution is -0.116. The molecule has 2 aromatic carbocycles. The number of nitrogens with zero attached hydrogens (tertiary/aromatic N) is 1. The predicted octanol–water partition coefficient (Wildman–Crippen LogP) is 4.31. The summed E-state index contributed by atoms with van der Waals surface area (Å²) in [6, 6.07) is 11.2. The molecule has 2 aromatic rings. The standard InChI is InChI=1S/C21H26FN3O2/c1-13(2)25(5)20-10-9-18(12-19(20)22)23-14(3)21(27)24-17-8-6-7-16(11-17)15(4)26/h6-14,23H,1-5H3,(H,24,27). The van der Waals surface area contributed by atoms with Gasteiger partial charge in [-0.25, -0.2) is 4.39 Å². The number of hydrogen-bond acceptors (Lipinski definition) is 4. The van der Waals surface area contributed by atoms with Crippen LogP contribution in [0.5, 0.6) is 0 Å². The zero-order valence-electron chi connectivity index (χ0n) is 16.3. The molecule has 144 valence electrons. The first-order valence-corrected chi connectivity index (χ1v) is 8.90. The van der Waals surface area contributed by atoms with Crippen molar-refractivity contribution in [3.8, 4) is 0 Å². The van der Waals surface area contributed by atoms with Gasteiger partial charge in [-0.15, -0.1) is 0 Å². The molecule has 2 rings (SSSR count). The molecule has 0 aliphatic rings. The fraction of sp³-hybridized carbons (Fsp3) is 0.333. The molecule has 0 saturated heterocycles. The Bertz CT molecular complexity index is 836. The largest absolute Gasteiger partial charge is 0.374 e. The molecule has 0 radical (unpaired) electrons. The minimum absolute atomic E-state index is 0.0702. The first-order chi connectivity index (χ1) is 12.7. The zero-order valence-corrected chi connectivity index (χ0v) is 16.3. The molecule has 6 heteroatoms. The van der Waals surface area contributed by atoms with Crippen molar-refractivity contribution in [2.45, 2.75) is 39.8 Å². The van der Waals surface area contributed by atoms with Gasteiger partial charge < -0.3 is 15.5 Å². The zero-order chi connectivity index (χ0) is 20.1. The van der Waals surface area contributed by atoms with Crippen LogP contribution in [0.4, 0.5) is 21.5 Å². The van der Waals surface area contributed by atoms with Crippen LogP contribution in [0.15, 0.2) is 42.5 Å². The maximum atomic E-state index is 14.4. The first kappa shape index (κ1) is 20.4. The van der Waals surface area contributed by atoms with Crippen molar-refractivity contribution in [3.05, 3.63) is 53.8 Å². The number of benzene rings is 2. The Morgan fingerprint density at radius 1 is 1.04 bits per heavy atom. The topological polar surface area (TPSA) is 61.4 Å². The van der Waals surface area contributed by atoms with E-state index in [1.807, 2.05) is 25.8 Å². The molecular weight excluding hydrogens is 345 g/mol. The van der Waals surface area contributed by atoms with E-state index in [1.165, 1.54) is 13.0 Å². The van der Waals surface area contributed by atoms with Gasteiger partial charge in [0.1, 0.15) is 11.9 Å². The minimum Gasteiger partial charge on any atom is -0.374 e. The van der Waals surface area contributed by atoms with Gasteiger partial charge >= 0.3 is 0 Å². The summed E-state index contributed by atoms with van der Waals surface area (Å²) in [6.07, 6.45) is 0. The Kier molecular flexibility index (Phi) is 6.55. The van der Waals surface area contributed by atoms with Crippen molar-refractivity contribution in [1.29, 1.82) is 0 Å². The minimum atomic E-state index is -0.584. The summed E-state index contributed by atoms with van der Waals surface area (Å²) < 4.78 is 14.4. The summed E-state index contributed by atoms with van der Waals surface area (Å²) in [5.41, 5.74) is 2.10. The number of ketones is 1. The van der Waals surface area contributed by atoms with Crippen molar-refractivity contribution in [2.24, 2.45) is 0 Å². The number of halogens is 1. The molecule has 2 N–H and O–H groups in total. The number of nitrogens with one attached hydrogen (secondary N) is 2. The second-order valence-corrected chi connectivity index (χ2v) is 6.86. The fourth-order valence-electron chi connectivity index (χ4n) is 2.54. The van der Waals surface area contributed by atoms with Gasteiger partial charge in [-0.3, -0.25) is 9.59 Å². The maximum absolute atomic E-state index is 14.4. The molecule has 0 saturated carbocycles. The average Bonchev–Trinajstić information content (AvgIpc) is 2.61. The molecule has 0 aromatic heterocycles. The Morgan fingerprint density at radius 2 is 1.74 bits per heavy atom. The van der Waals surface area contributed by atoms with Gasteiger partial charge in [-0.05, 0) is 58.0 Å². The van der Waals surface area contributed by atoms with Gasteiger partial charge in [-0.2, -0.15) is 0 Å². The molecule has 0 fully saturated rings. The number of carbonyl (C=O) groups is 2. The maximum Gasteiger partial charge on any atom is 0.246 e. The molecule has 0 bridgehead atoms. The third-order valence-electron chi connectivity index (χ3n) is 4.42. The van der Waals surface area contributed by atoms with Crippen LogP contribution in [0.2, 0.25) is 0 Å². The Balaban J connectivity index is 2.05. The normalized spacial score (nSPS) is 11.8. The molecule has 1 amide bonds. The van der Waals surface area contributed by atoms with E-state index >= 15 is 0 Å². The van der Waals surface area contributed by atoms with Crippen molar-refractivity contribution < 1.29 is 14.0 Å². The summed E-state index contributed by atoms with van der Waals surface area (Å²) in [4.78, 5) is 25.7. The van der Waals surface area contributed by atoms with Gasteiger partial charge in [0.05, 0.1) is 5.69 Å². The number of rotatable bonds is 7. The predicted molar refractivity (Wildman–Crippen MR) is 108 cm³/mol. The molecule has 1 atom stereocenters.